The van der Waals surface area contributed by atoms with Crippen molar-refractivity contribution in [3.8, 4) is 0 Å². The van der Waals surface area contributed by atoms with E-state index in [0.29, 0.717) is 6.10 Å². The Morgan fingerprint density at radius 3 is 3.40 bits per heavy atom. The molecule has 56 valence electrons. The molecule has 0 saturated heterocycles. The van der Waals surface area contributed by atoms with E-state index in [-0.39, 0.29) is 0 Å². The summed E-state index contributed by atoms with van der Waals surface area (Å²) in [5, 5.41) is 3.39. The summed E-state index contributed by atoms with van der Waals surface area (Å²) in [7, 11) is 0. The largest absolute Gasteiger partial charge is 0.388 e. The Morgan fingerprint density at radius 1 is 1.60 bits per heavy atom. The van der Waals surface area contributed by atoms with Crippen molar-refractivity contribution in [1.82, 2.24) is 5.32 Å². The highest BCUT2D eigenvalue weighted by Crippen LogP contribution is 2.23. The van der Waals surface area contributed by atoms with Crippen LogP contribution in [0.4, 0.5) is 0 Å². The zero-order valence-corrected chi connectivity index (χ0v) is 6.31. The van der Waals surface area contributed by atoms with Gasteiger partial charge in [-0.15, -0.1) is 0 Å². The van der Waals surface area contributed by atoms with Crippen molar-refractivity contribution in [2.75, 3.05) is 13.2 Å². The Labute approximate surface area is 61.3 Å². The van der Waals surface area contributed by atoms with Crippen LogP contribution < -0.4 is 5.32 Å². The van der Waals surface area contributed by atoms with Crippen LogP contribution in [0.2, 0.25) is 0 Å². The first-order valence-electron chi connectivity index (χ1n) is 3.92. The maximum absolute atomic E-state index is 5.49. The molecule has 0 aromatic carbocycles. The predicted molar refractivity (Wildman–Crippen MR) is 39.7 cm³/mol. The molecule has 2 nitrogen and oxygen atoms in total. The summed E-state index contributed by atoms with van der Waals surface area (Å²) < 4.78 is 5.49. The average molecular weight is 139 g/mol. The molecule has 10 heavy (non-hydrogen) atoms. The molecular formula is C8H13NO. The van der Waals surface area contributed by atoms with Gasteiger partial charge >= 0.3 is 0 Å². The van der Waals surface area contributed by atoms with E-state index in [1.165, 1.54) is 17.7 Å². The van der Waals surface area contributed by atoms with Gasteiger partial charge in [0.1, 0.15) is 0 Å². The van der Waals surface area contributed by atoms with Gasteiger partial charge in [-0.25, -0.2) is 0 Å². The number of ether oxygens (including phenoxy) is 1. The molecule has 2 heteroatoms. The van der Waals surface area contributed by atoms with Gasteiger partial charge in [0, 0.05) is 18.7 Å². The number of rotatable bonds is 0. The molecule has 0 radical (unpaired) electrons. The molecule has 0 fully saturated rings. The third-order valence-corrected chi connectivity index (χ3v) is 2.23. The van der Waals surface area contributed by atoms with Crippen molar-refractivity contribution >= 4 is 0 Å². The Balaban J connectivity index is 2.13. The lowest BCUT2D eigenvalue weighted by atomic mass is 10.1. The number of hydrogen-bond acceptors (Lipinski definition) is 2. The molecule has 2 aliphatic rings. The van der Waals surface area contributed by atoms with Gasteiger partial charge in [-0.2, -0.15) is 0 Å². The molecule has 0 bridgehead atoms. The molecule has 1 atom stereocenters. The number of nitrogens with one attached hydrogen (secondary N) is 1. The van der Waals surface area contributed by atoms with Crippen LogP contribution in [0, 0.1) is 0 Å². The van der Waals surface area contributed by atoms with Gasteiger partial charge in [0.15, 0.2) is 0 Å². The number of hydrogen-bond donors (Lipinski definition) is 1. The highest BCUT2D eigenvalue weighted by molar-refractivity contribution is 5.21. The molecular weight excluding hydrogens is 126 g/mol. The Kier molecular flexibility index (Phi) is 1.42. The quantitative estimate of drug-likeness (QED) is 0.541. The standard InChI is InChI=1S/C8H13NO/c1-6-4-8-7(5-10-6)2-3-9-8/h6,9H,2-5H2,1H3. The lowest BCUT2D eigenvalue weighted by molar-refractivity contribution is 0.0712. The normalized spacial score (nSPS) is 31.9. The van der Waals surface area contributed by atoms with E-state index in [9.17, 15) is 0 Å². The van der Waals surface area contributed by atoms with Crippen LogP contribution in [-0.4, -0.2) is 19.3 Å². The van der Waals surface area contributed by atoms with E-state index < -0.39 is 0 Å². The first kappa shape index (κ1) is 6.23. The molecule has 0 aromatic heterocycles. The minimum absolute atomic E-state index is 0.421. The molecule has 0 spiro atoms. The second-order valence-corrected chi connectivity index (χ2v) is 3.08. The van der Waals surface area contributed by atoms with Crippen molar-refractivity contribution in [3.63, 3.8) is 0 Å². The molecule has 2 heterocycles. The van der Waals surface area contributed by atoms with E-state index in [1.54, 1.807) is 0 Å². The van der Waals surface area contributed by atoms with Gasteiger partial charge in [0.25, 0.3) is 0 Å². The van der Waals surface area contributed by atoms with Gasteiger partial charge in [-0.1, -0.05) is 0 Å². The van der Waals surface area contributed by atoms with Crippen molar-refractivity contribution in [2.24, 2.45) is 0 Å². The molecule has 0 aromatic rings. The van der Waals surface area contributed by atoms with Crippen LogP contribution in [0.15, 0.2) is 11.3 Å². The molecule has 0 amide bonds. The molecule has 2 rings (SSSR count). The fraction of sp³-hybridized carbons (Fsp3) is 0.750. The first-order chi connectivity index (χ1) is 4.86. The molecule has 1 unspecified atom stereocenters. The highest BCUT2D eigenvalue weighted by atomic mass is 16.5. The fourth-order valence-electron chi connectivity index (χ4n) is 1.61. The zero-order chi connectivity index (χ0) is 6.97. The van der Waals surface area contributed by atoms with E-state index in [1.807, 2.05) is 0 Å². The zero-order valence-electron chi connectivity index (χ0n) is 6.31. The lowest BCUT2D eigenvalue weighted by Crippen LogP contribution is -2.20. The van der Waals surface area contributed by atoms with Gasteiger partial charge in [0.2, 0.25) is 0 Å². The van der Waals surface area contributed by atoms with Crippen molar-refractivity contribution < 1.29 is 4.74 Å². The van der Waals surface area contributed by atoms with Crippen LogP contribution in [0.5, 0.6) is 0 Å². The summed E-state index contributed by atoms with van der Waals surface area (Å²) in [5.74, 6) is 0. The van der Waals surface area contributed by atoms with E-state index in [4.69, 9.17) is 4.74 Å². The van der Waals surface area contributed by atoms with Gasteiger partial charge in [-0.05, 0) is 18.9 Å². The van der Waals surface area contributed by atoms with Crippen LogP contribution in [-0.2, 0) is 4.74 Å². The Hall–Kier alpha value is -0.500. The summed E-state index contributed by atoms with van der Waals surface area (Å²) in [5.41, 5.74) is 2.96. The van der Waals surface area contributed by atoms with Gasteiger partial charge in [0.05, 0.1) is 12.7 Å². The van der Waals surface area contributed by atoms with Crippen LogP contribution in [0.1, 0.15) is 19.8 Å². The van der Waals surface area contributed by atoms with Gasteiger partial charge < -0.3 is 10.1 Å². The second-order valence-electron chi connectivity index (χ2n) is 3.08. The maximum atomic E-state index is 5.49. The summed E-state index contributed by atoms with van der Waals surface area (Å²) in [6.45, 7) is 4.12. The summed E-state index contributed by atoms with van der Waals surface area (Å²) >= 11 is 0. The van der Waals surface area contributed by atoms with Gasteiger partial charge in [-0.3, -0.25) is 0 Å². The van der Waals surface area contributed by atoms with Crippen LogP contribution in [0.25, 0.3) is 0 Å². The fourth-order valence-corrected chi connectivity index (χ4v) is 1.61. The van der Waals surface area contributed by atoms with Crippen molar-refractivity contribution in [2.45, 2.75) is 25.9 Å². The average Bonchev–Trinajstić information content (AvgIpc) is 2.33. The lowest BCUT2D eigenvalue weighted by Gasteiger charge is -2.20. The minimum Gasteiger partial charge on any atom is -0.388 e. The molecule has 2 aliphatic heterocycles. The highest BCUT2D eigenvalue weighted by Gasteiger charge is 2.21. The molecule has 0 aliphatic carbocycles. The van der Waals surface area contributed by atoms with Crippen molar-refractivity contribution in [1.29, 1.82) is 0 Å². The van der Waals surface area contributed by atoms with Crippen LogP contribution in [0.3, 0.4) is 0 Å². The topological polar surface area (TPSA) is 21.3 Å². The van der Waals surface area contributed by atoms with E-state index in [2.05, 4.69) is 12.2 Å². The predicted octanol–water partition coefficient (Wildman–Crippen LogP) is 1.04. The molecule has 1 N–H and O–H groups in total. The second kappa shape index (κ2) is 2.27. The van der Waals surface area contributed by atoms with E-state index >= 15 is 0 Å². The smallest absolute Gasteiger partial charge is 0.0700 e. The van der Waals surface area contributed by atoms with E-state index in [0.717, 1.165) is 19.6 Å². The molecule has 0 saturated carbocycles. The van der Waals surface area contributed by atoms with Crippen LogP contribution >= 0.6 is 0 Å². The first-order valence-corrected chi connectivity index (χ1v) is 3.92. The van der Waals surface area contributed by atoms with Crippen molar-refractivity contribution in [3.05, 3.63) is 11.3 Å². The summed E-state index contributed by atoms with van der Waals surface area (Å²) in [6, 6.07) is 0. The third-order valence-electron chi connectivity index (χ3n) is 2.23. The minimum atomic E-state index is 0.421. The third kappa shape index (κ3) is 0.926. The monoisotopic (exact) mass is 139 g/mol. The Morgan fingerprint density at radius 2 is 2.50 bits per heavy atom. The SMILES string of the molecule is CC1CC2=C(CCN2)CO1. The Bertz CT molecular complexity index is 174. The summed E-state index contributed by atoms with van der Waals surface area (Å²) in [6.07, 6.45) is 2.71. The summed E-state index contributed by atoms with van der Waals surface area (Å²) in [4.78, 5) is 0. The maximum Gasteiger partial charge on any atom is 0.0700 e.